The molecule has 0 atom stereocenters. The molecule has 12 nitrogen and oxygen atoms in total. The van der Waals surface area contributed by atoms with E-state index in [0.717, 1.165) is 0 Å². The molecule has 272 valence electrons. The van der Waals surface area contributed by atoms with Crippen LogP contribution in [0.5, 0.6) is 0 Å². The quantitative estimate of drug-likeness (QED) is 0.0252. The minimum Gasteiger partial charge on any atom is -0.465 e. The van der Waals surface area contributed by atoms with Crippen LogP contribution >= 0.6 is 50.5 Å². The van der Waals surface area contributed by atoms with Gasteiger partial charge in [-0.05, 0) is 0 Å². The van der Waals surface area contributed by atoms with Gasteiger partial charge in [-0.25, -0.2) is 0 Å². The zero-order valence-corrected chi connectivity index (χ0v) is 30.6. The Morgan fingerprint density at radius 2 is 0.745 bits per heavy atom. The number of ether oxygens (including phenoxy) is 7. The van der Waals surface area contributed by atoms with Crippen LogP contribution in [0.25, 0.3) is 0 Å². The molecule has 0 aromatic carbocycles. The minimum absolute atomic E-state index is 0.0670. The third kappa shape index (κ3) is 26.0. The summed E-state index contributed by atoms with van der Waals surface area (Å²) in [5.74, 6) is -0.978. The van der Waals surface area contributed by atoms with Gasteiger partial charge in [-0.2, -0.15) is 50.5 Å². The molecule has 0 fully saturated rings. The van der Waals surface area contributed by atoms with Crippen molar-refractivity contribution in [2.45, 2.75) is 25.7 Å². The summed E-state index contributed by atoms with van der Waals surface area (Å²) in [6.45, 7) is 11.9. The summed E-state index contributed by atoms with van der Waals surface area (Å²) in [6.07, 6.45) is 5.26. The van der Waals surface area contributed by atoms with Crippen molar-refractivity contribution < 1.29 is 57.4 Å². The Morgan fingerprint density at radius 1 is 0.489 bits per heavy atom. The second kappa shape index (κ2) is 31.6. The van der Waals surface area contributed by atoms with E-state index in [1.165, 1.54) is 0 Å². The summed E-state index contributed by atoms with van der Waals surface area (Å²) in [7, 11) is 0. The molecule has 0 heterocycles. The maximum Gasteiger partial charge on any atom is 0.306 e. The van der Waals surface area contributed by atoms with E-state index in [-0.39, 0.29) is 81.7 Å². The maximum atomic E-state index is 11.8. The van der Waals surface area contributed by atoms with Crippen molar-refractivity contribution in [2.24, 2.45) is 10.8 Å². The van der Waals surface area contributed by atoms with Crippen molar-refractivity contribution >= 4 is 74.4 Å². The van der Waals surface area contributed by atoms with Crippen LogP contribution in [0.1, 0.15) is 25.7 Å². The third-order valence-corrected chi connectivity index (χ3v) is 6.58. The lowest BCUT2D eigenvalue weighted by Gasteiger charge is -2.31. The van der Waals surface area contributed by atoms with Crippen molar-refractivity contribution in [1.29, 1.82) is 0 Å². The first-order valence-electron chi connectivity index (χ1n) is 14.8. The van der Waals surface area contributed by atoms with Gasteiger partial charge in [0.2, 0.25) is 0 Å². The lowest BCUT2D eigenvalue weighted by molar-refractivity contribution is -0.170. The highest BCUT2D eigenvalue weighted by atomic mass is 32.1. The fourth-order valence-corrected chi connectivity index (χ4v) is 3.91. The van der Waals surface area contributed by atoms with E-state index in [2.05, 4.69) is 70.3 Å². The molecular weight excluding hydrogens is 693 g/mol. The van der Waals surface area contributed by atoms with Gasteiger partial charge in [0, 0.05) is 23.0 Å². The molecule has 0 amide bonds. The Morgan fingerprint density at radius 3 is 0.936 bits per heavy atom. The Hall–Kier alpha value is -1.66. The van der Waals surface area contributed by atoms with E-state index in [1.807, 2.05) is 0 Å². The highest BCUT2D eigenvalue weighted by Crippen LogP contribution is 2.23. The van der Waals surface area contributed by atoms with Crippen LogP contribution in [0.15, 0.2) is 38.0 Å². The van der Waals surface area contributed by atoms with Crippen LogP contribution in [0.2, 0.25) is 0 Å². The SMILES string of the molecule is C=CCOCC(CO)(COCC=C)COCC=C.O=C(CCS)OCC(COC(=O)CCS)(COC(=O)CCS)COC(=O)CCS. The van der Waals surface area contributed by atoms with Crippen LogP contribution < -0.4 is 0 Å². The monoisotopic (exact) mass is 744 g/mol. The van der Waals surface area contributed by atoms with Crippen molar-refractivity contribution in [2.75, 3.05) is 95.7 Å². The summed E-state index contributed by atoms with van der Waals surface area (Å²) >= 11 is 15.9. The summed E-state index contributed by atoms with van der Waals surface area (Å²) in [5.41, 5.74) is -1.81. The lowest BCUT2D eigenvalue weighted by atomic mass is 9.92. The molecule has 0 rings (SSSR count). The minimum atomic E-state index is -1.25. The van der Waals surface area contributed by atoms with Gasteiger partial charge in [0.05, 0.1) is 77.3 Å². The van der Waals surface area contributed by atoms with E-state index in [1.54, 1.807) is 18.2 Å². The summed E-state index contributed by atoms with van der Waals surface area (Å²) in [6, 6.07) is 0. The van der Waals surface area contributed by atoms with E-state index >= 15 is 0 Å². The molecule has 16 heteroatoms. The van der Waals surface area contributed by atoms with Crippen molar-refractivity contribution in [3.63, 3.8) is 0 Å². The number of hydrogen-bond acceptors (Lipinski definition) is 16. The first-order chi connectivity index (χ1) is 22.6. The second-order valence-electron chi connectivity index (χ2n) is 10.1. The molecule has 47 heavy (non-hydrogen) atoms. The second-order valence-corrected chi connectivity index (χ2v) is 11.9. The molecule has 0 aliphatic carbocycles. The lowest BCUT2D eigenvalue weighted by Crippen LogP contribution is -2.44. The first-order valence-corrected chi connectivity index (χ1v) is 17.3. The van der Waals surface area contributed by atoms with Gasteiger partial charge >= 0.3 is 23.9 Å². The van der Waals surface area contributed by atoms with Gasteiger partial charge in [-0.3, -0.25) is 19.2 Å². The van der Waals surface area contributed by atoms with E-state index < -0.39 is 34.7 Å². The van der Waals surface area contributed by atoms with Crippen LogP contribution in [0.3, 0.4) is 0 Å². The number of thiol groups is 4. The fraction of sp³-hybridized carbons (Fsp3) is 0.677. The summed E-state index contributed by atoms with van der Waals surface area (Å²) in [4.78, 5) is 47.1. The Bertz CT molecular complexity index is 774. The first kappa shape index (κ1) is 47.5. The molecule has 0 radical (unpaired) electrons. The van der Waals surface area contributed by atoms with Gasteiger partial charge in [-0.15, -0.1) is 19.7 Å². The molecule has 0 spiro atoms. The van der Waals surface area contributed by atoms with E-state index in [0.29, 0.717) is 39.6 Å². The van der Waals surface area contributed by atoms with E-state index in [4.69, 9.17) is 33.2 Å². The predicted molar refractivity (Wildman–Crippen MR) is 193 cm³/mol. The molecule has 0 aliphatic heterocycles. The van der Waals surface area contributed by atoms with Gasteiger partial charge in [0.15, 0.2) is 0 Å². The molecule has 0 aromatic rings. The van der Waals surface area contributed by atoms with Crippen molar-refractivity contribution in [3.05, 3.63) is 38.0 Å². The molecule has 1 N–H and O–H groups in total. The molecule has 0 unspecified atom stereocenters. The van der Waals surface area contributed by atoms with Crippen molar-refractivity contribution in [3.8, 4) is 0 Å². The number of esters is 4. The molecule has 0 saturated heterocycles. The Kier molecular flexibility index (Phi) is 31.9. The smallest absolute Gasteiger partial charge is 0.306 e. The van der Waals surface area contributed by atoms with Gasteiger partial charge in [-0.1, -0.05) is 18.2 Å². The number of aliphatic hydroxyl groups excluding tert-OH is 1. The van der Waals surface area contributed by atoms with Crippen LogP contribution in [-0.4, -0.2) is 125 Å². The highest BCUT2D eigenvalue weighted by Gasteiger charge is 2.38. The van der Waals surface area contributed by atoms with E-state index in [9.17, 15) is 24.3 Å². The zero-order valence-electron chi connectivity index (χ0n) is 27.0. The Balaban J connectivity index is 0. The Labute approximate surface area is 300 Å². The average Bonchev–Trinajstić information content (AvgIpc) is 3.05. The fourth-order valence-electron chi connectivity index (χ4n) is 3.18. The summed E-state index contributed by atoms with van der Waals surface area (Å²) < 4.78 is 37.1. The molecule has 0 saturated carbocycles. The standard InChI is InChI=1S/C17H28O8S4.C14H24O4/c18-13(1-5-26)22-9-17(10-23-14(19)2-6-27,11-24-15(20)3-7-28)12-25-16(21)4-8-29;1-4-7-16-11-14(10-15,12-17-8-5-2)13-18-9-6-3/h26-29H,1-12H2;4-6,15H,1-3,7-13H2. The third-order valence-electron chi connectivity index (χ3n) is 5.69. The molecule has 0 aliphatic rings. The number of aliphatic hydroxyl groups is 1. The largest absolute Gasteiger partial charge is 0.465 e. The van der Waals surface area contributed by atoms with Crippen LogP contribution in [0.4, 0.5) is 0 Å². The number of rotatable bonds is 29. The average molecular weight is 745 g/mol. The van der Waals surface area contributed by atoms with Gasteiger partial charge in [0.1, 0.15) is 31.8 Å². The number of hydrogen-bond donors (Lipinski definition) is 5. The predicted octanol–water partition coefficient (Wildman–Crippen LogP) is 3.00. The van der Waals surface area contributed by atoms with Gasteiger partial charge < -0.3 is 38.3 Å². The normalized spacial score (nSPS) is 11.0. The molecular formula is C31H52O12S4. The molecule has 0 bridgehead atoms. The van der Waals surface area contributed by atoms with Crippen LogP contribution in [-0.2, 0) is 52.3 Å². The topological polar surface area (TPSA) is 153 Å². The van der Waals surface area contributed by atoms with Crippen LogP contribution in [0, 0.1) is 10.8 Å². The van der Waals surface area contributed by atoms with Gasteiger partial charge in [0.25, 0.3) is 0 Å². The highest BCUT2D eigenvalue weighted by molar-refractivity contribution is 7.80. The maximum absolute atomic E-state index is 11.8. The zero-order chi connectivity index (χ0) is 35.8. The van der Waals surface area contributed by atoms with Crippen molar-refractivity contribution in [1.82, 2.24) is 0 Å². The molecule has 0 aromatic heterocycles. The number of carbonyl (C=O) groups is 4. The summed E-state index contributed by atoms with van der Waals surface area (Å²) in [5, 5.41) is 9.56. The number of carbonyl (C=O) groups excluding carboxylic acids is 4.